The van der Waals surface area contributed by atoms with Crippen LogP contribution >= 0.6 is 0 Å². The molecule has 38 atom stereocenters. The molecule has 4 saturated carbocycles. The van der Waals surface area contributed by atoms with Gasteiger partial charge in [-0.1, -0.05) is 53.2 Å². The van der Waals surface area contributed by atoms with Crippen molar-refractivity contribution in [1.29, 1.82) is 0 Å². The van der Waals surface area contributed by atoms with Gasteiger partial charge in [0.05, 0.1) is 49.7 Å². The molecule has 6 heterocycles. The van der Waals surface area contributed by atoms with Crippen LogP contribution in [-0.4, -0.2) is 315 Å². The van der Waals surface area contributed by atoms with Crippen LogP contribution in [0, 0.1) is 50.2 Å². The highest BCUT2D eigenvalue weighted by Gasteiger charge is 2.73. The summed E-state index contributed by atoms with van der Waals surface area (Å²) < 4.78 is 77.8. The van der Waals surface area contributed by atoms with Crippen LogP contribution in [0.1, 0.15) is 113 Å². The van der Waals surface area contributed by atoms with E-state index in [9.17, 15) is 101 Å². The van der Waals surface area contributed by atoms with Crippen molar-refractivity contribution < 1.29 is 168 Å². The van der Waals surface area contributed by atoms with Crippen molar-refractivity contribution in [3.8, 4) is 0 Å². The van der Waals surface area contributed by atoms with Crippen molar-refractivity contribution in [2.24, 2.45) is 50.2 Å². The van der Waals surface area contributed by atoms with Crippen LogP contribution in [0.15, 0.2) is 11.6 Å². The molecular formula is C65H100O34. The summed E-state index contributed by atoms with van der Waals surface area (Å²) in [5.74, 6) is -4.09. The summed E-state index contributed by atoms with van der Waals surface area (Å²) in [5.41, 5.74) is -4.94. The number of carboxylic acids is 1. The lowest BCUT2D eigenvalue weighted by Crippen LogP contribution is -2.69. The predicted octanol–water partition coefficient (Wildman–Crippen LogP) is -4.11. The highest BCUT2D eigenvalue weighted by atomic mass is 16.8. The van der Waals surface area contributed by atoms with E-state index >= 15 is 4.79 Å². The van der Waals surface area contributed by atoms with Gasteiger partial charge in [-0.15, -0.1) is 0 Å². The zero-order valence-electron chi connectivity index (χ0n) is 56.2. The van der Waals surface area contributed by atoms with Gasteiger partial charge in [0.15, 0.2) is 49.8 Å². The number of hydrogen-bond acceptors (Lipinski definition) is 32. The molecule has 11 aliphatic rings. The highest BCUT2D eigenvalue weighted by molar-refractivity contribution is 5.80. The fourth-order valence-corrected chi connectivity index (χ4v) is 19.1. The van der Waals surface area contributed by atoms with Crippen molar-refractivity contribution in [3.05, 3.63) is 11.6 Å². The maximum atomic E-state index is 16.1. The first kappa shape index (κ1) is 76.7. The molecule has 11 rings (SSSR count). The van der Waals surface area contributed by atoms with E-state index < -0.39 is 266 Å². The molecule has 34 nitrogen and oxygen atoms in total. The number of ether oxygens (including phenoxy) is 13. The quantitative estimate of drug-likeness (QED) is 0.0285. The van der Waals surface area contributed by atoms with Crippen LogP contribution in [0.5, 0.6) is 0 Å². The van der Waals surface area contributed by atoms with Crippen molar-refractivity contribution in [2.45, 2.75) is 297 Å². The first-order valence-corrected chi connectivity index (χ1v) is 34.1. The fraction of sp³-hybridized carbons (Fsp3) is 0.908. The number of hydrogen-bond donors (Lipinski definition) is 17. The van der Waals surface area contributed by atoms with Crippen molar-refractivity contribution in [1.82, 2.24) is 0 Å². The zero-order valence-corrected chi connectivity index (χ0v) is 56.2. The third-order valence-electron chi connectivity index (χ3n) is 25.0. The molecular weight excluding hydrogens is 1320 g/mol. The highest BCUT2D eigenvalue weighted by Crippen LogP contribution is 2.76. The standard InChI is InChI=1S/C65H100O34/c1-23-45(93-52-41(78)34(71)27(69)21-87-52)40(77)44(81)53(88-23)97-50-49(96-54-42(79)36(73)29(20-67)91-54)46(98-59(85)86)24(2)89-57(50)99-58(84)65-16-15-60(3,4)17-26(65)25-9-10-31-61(5)13-12-33(62(6,22-68)30(61)11-14-63(31,7)64(25,8)18-32(65)70)92-56-48(39(76)38(75)47(94-56)51(82)83)95-55-43(80)37(74)35(72)28(19-66)90-55/h9,22-24,26-50,52-57,66-67,69-81H,10-21H2,1-8H3,(H,82,83)(H,85,86). The van der Waals surface area contributed by atoms with E-state index in [1.165, 1.54) is 13.8 Å². The molecule has 0 aromatic rings. The van der Waals surface area contributed by atoms with E-state index in [0.717, 1.165) is 11.9 Å². The number of carboxylic acid groups (broad SMARTS) is 2. The lowest BCUT2D eigenvalue weighted by Gasteiger charge is -2.71. The van der Waals surface area contributed by atoms with E-state index in [1.807, 2.05) is 13.8 Å². The van der Waals surface area contributed by atoms with Gasteiger partial charge < -0.3 is 153 Å². The smallest absolute Gasteiger partial charge is 0.479 e. The van der Waals surface area contributed by atoms with E-state index in [2.05, 4.69) is 26.8 Å². The molecule has 0 amide bonds. The Morgan fingerprint density at radius 1 is 0.535 bits per heavy atom. The van der Waals surface area contributed by atoms with Crippen LogP contribution in [0.4, 0.5) is 4.79 Å². The van der Waals surface area contributed by atoms with Gasteiger partial charge in [-0.3, -0.25) is 4.79 Å². The summed E-state index contributed by atoms with van der Waals surface area (Å²) in [7, 11) is 0. The molecule has 0 radical (unpaired) electrons. The topological polar surface area (TPSA) is 532 Å². The van der Waals surface area contributed by atoms with Crippen LogP contribution in [0.3, 0.4) is 0 Å². The SMILES string of the molecule is CC1OC(OC2C(OC(=O)C34CCC(C)(C)CC3C3=CCC5C6(C)CCC(OC7OC(C(=O)O)C(O)C(O)C7OC7OC(CO)C(O)C(O)C7O)C(C)(C=O)C6CCC5(C)C3(C)CC4O)OC(C)C(OC(=O)O)C2OC2OC(CO)C(O)C2O)C(O)C(O)C1OC1OCC(O)C(O)C1O. The minimum atomic E-state index is -2.13. The Labute approximate surface area is 569 Å². The molecule has 564 valence electrons. The number of aldehydes is 1. The van der Waals surface area contributed by atoms with Crippen LogP contribution in [0.2, 0.25) is 0 Å². The largest absolute Gasteiger partial charge is 0.506 e. The van der Waals surface area contributed by atoms with E-state index in [4.69, 9.17) is 61.6 Å². The number of allylic oxidation sites excluding steroid dienone is 2. The normalized spacial score (nSPS) is 53.5. The minimum absolute atomic E-state index is 0.0000297. The lowest BCUT2D eigenvalue weighted by molar-refractivity contribution is -0.382. The summed E-state index contributed by atoms with van der Waals surface area (Å²) in [4.78, 5) is 55.1. The molecule has 38 unspecified atom stereocenters. The Bertz CT molecular complexity index is 2920. The van der Waals surface area contributed by atoms with Gasteiger partial charge in [0.2, 0.25) is 6.29 Å². The lowest BCUT2D eigenvalue weighted by atomic mass is 9.33. The zero-order chi connectivity index (χ0) is 72.5. The van der Waals surface area contributed by atoms with Gasteiger partial charge in [-0.05, 0) is 111 Å². The maximum Gasteiger partial charge on any atom is 0.506 e. The second-order valence-electron chi connectivity index (χ2n) is 31.1. The molecule has 6 saturated heterocycles. The van der Waals surface area contributed by atoms with Gasteiger partial charge in [-0.2, -0.15) is 0 Å². The molecule has 17 N–H and O–H groups in total. The third kappa shape index (κ3) is 13.0. The Hall–Kier alpha value is -3.42. The van der Waals surface area contributed by atoms with Crippen LogP contribution in [0.25, 0.3) is 0 Å². The third-order valence-corrected chi connectivity index (χ3v) is 25.0. The molecule has 0 spiro atoms. The Balaban J connectivity index is 0.890. The Morgan fingerprint density at radius 2 is 1.09 bits per heavy atom. The number of aliphatic carboxylic acids is 1. The molecule has 99 heavy (non-hydrogen) atoms. The Kier molecular flexibility index (Phi) is 22.1. The monoisotopic (exact) mass is 1420 g/mol. The van der Waals surface area contributed by atoms with Gasteiger partial charge >= 0.3 is 18.1 Å². The first-order valence-electron chi connectivity index (χ1n) is 34.1. The second kappa shape index (κ2) is 28.5. The number of carbonyl (C=O) groups is 4. The number of carbonyl (C=O) groups excluding carboxylic acids is 2. The summed E-state index contributed by atoms with van der Waals surface area (Å²) in [6.07, 6.45) is -49.6. The fourth-order valence-electron chi connectivity index (χ4n) is 19.1. The maximum absolute atomic E-state index is 16.1. The van der Waals surface area contributed by atoms with Crippen LogP contribution in [-0.2, 0) is 76.0 Å². The average molecular weight is 1430 g/mol. The average Bonchev–Trinajstić information content (AvgIpc) is 1.09. The molecule has 0 aromatic carbocycles. The number of aliphatic hydroxyl groups is 15. The number of fused-ring (bicyclic) bond motifs is 7. The molecule has 5 aliphatic carbocycles. The van der Waals surface area contributed by atoms with Crippen molar-refractivity contribution in [3.63, 3.8) is 0 Å². The number of aliphatic hydroxyl groups excluding tert-OH is 15. The summed E-state index contributed by atoms with van der Waals surface area (Å²) >= 11 is 0. The Morgan fingerprint density at radius 3 is 1.72 bits per heavy atom. The summed E-state index contributed by atoms with van der Waals surface area (Å²) in [5, 5.41) is 185. The van der Waals surface area contributed by atoms with Gasteiger partial charge in [0.1, 0.15) is 115 Å². The number of rotatable bonds is 17. The molecule has 0 aromatic heterocycles. The minimum Gasteiger partial charge on any atom is -0.479 e. The van der Waals surface area contributed by atoms with E-state index in [1.54, 1.807) is 6.92 Å². The first-order chi connectivity index (χ1) is 46.4. The molecule has 0 bridgehead atoms. The molecule has 6 aliphatic heterocycles. The van der Waals surface area contributed by atoms with Crippen molar-refractivity contribution in [2.75, 3.05) is 19.8 Å². The van der Waals surface area contributed by atoms with Gasteiger partial charge in [0, 0.05) is 0 Å². The van der Waals surface area contributed by atoms with E-state index in [-0.39, 0.29) is 25.2 Å². The van der Waals surface area contributed by atoms with Gasteiger partial charge in [-0.25, -0.2) is 9.59 Å². The van der Waals surface area contributed by atoms with Crippen LogP contribution < -0.4 is 0 Å². The summed E-state index contributed by atoms with van der Waals surface area (Å²) in [6.45, 7) is 12.7. The van der Waals surface area contributed by atoms with E-state index in [0.29, 0.717) is 38.5 Å². The van der Waals surface area contributed by atoms with Gasteiger partial charge in [0.25, 0.3) is 0 Å². The predicted molar refractivity (Wildman–Crippen MR) is 322 cm³/mol. The summed E-state index contributed by atoms with van der Waals surface area (Å²) in [6, 6.07) is 0. The van der Waals surface area contributed by atoms with Crippen molar-refractivity contribution >= 4 is 24.4 Å². The molecule has 10 fully saturated rings. The second-order valence-corrected chi connectivity index (χ2v) is 31.1. The molecule has 34 heteroatoms. The number of esters is 1.